The third-order valence-electron chi connectivity index (χ3n) is 6.17. The quantitative estimate of drug-likeness (QED) is 0.154. The Bertz CT molecular complexity index is 1710. The molecular weight excluding hydrogens is 785 g/mol. The van der Waals surface area contributed by atoms with Crippen molar-refractivity contribution in [2.45, 2.75) is 64.2 Å². The van der Waals surface area contributed by atoms with E-state index in [1.807, 2.05) is 70.2 Å². The van der Waals surface area contributed by atoms with Crippen LogP contribution in [-0.2, 0) is 37.4 Å². The molecule has 8 nitrogen and oxygen atoms in total. The highest BCUT2D eigenvalue weighted by atomic mass is 127. The second-order valence-electron chi connectivity index (χ2n) is 11.4. The summed E-state index contributed by atoms with van der Waals surface area (Å²) >= 11 is 3.09. The third kappa shape index (κ3) is 13.2. The van der Waals surface area contributed by atoms with Crippen LogP contribution >= 0.6 is 15.9 Å². The first kappa shape index (κ1) is 37.2. The highest BCUT2D eigenvalue weighted by molar-refractivity contribution is 9.10. The molecule has 0 spiro atoms. The van der Waals surface area contributed by atoms with E-state index in [-0.39, 0.29) is 11.5 Å². The van der Waals surface area contributed by atoms with Crippen molar-refractivity contribution < 1.29 is 53.2 Å². The van der Waals surface area contributed by atoms with E-state index in [2.05, 4.69) is 58.5 Å². The molecule has 0 aromatic heterocycles. The average Bonchev–Trinajstić information content (AvgIpc) is 2.98. The fraction of sp³-hybridized carbons (Fsp3) is 0.257. The summed E-state index contributed by atoms with van der Waals surface area (Å²) in [5, 5.41) is 2.74. The molecule has 0 saturated carbocycles. The lowest BCUT2D eigenvalue weighted by Crippen LogP contribution is -3.61. The van der Waals surface area contributed by atoms with Gasteiger partial charge in [0.15, 0.2) is 7.14 Å². The van der Waals surface area contributed by atoms with Crippen LogP contribution in [0.15, 0.2) is 106 Å². The zero-order chi connectivity index (χ0) is 33.9. The maximum absolute atomic E-state index is 13.1. The summed E-state index contributed by atoms with van der Waals surface area (Å²) in [5.41, 5.74) is 3.34. The molecule has 0 aliphatic heterocycles. The van der Waals surface area contributed by atoms with Crippen molar-refractivity contribution in [1.29, 1.82) is 0 Å². The maximum Gasteiger partial charge on any atom is 0.408 e. The normalized spacial score (nSPS) is 11.9. The van der Waals surface area contributed by atoms with E-state index < -0.39 is 55.0 Å². The number of benzene rings is 4. The lowest BCUT2D eigenvalue weighted by Gasteiger charge is -2.24. The molecule has 1 N–H and O–H groups in total. The number of halogens is 2. The third-order valence-corrected chi connectivity index (χ3v) is 10.4. The Balaban J connectivity index is 0.000000441. The van der Waals surface area contributed by atoms with Gasteiger partial charge in [0.05, 0.1) is 4.90 Å². The van der Waals surface area contributed by atoms with Crippen LogP contribution in [-0.4, -0.2) is 36.7 Å². The molecule has 4 aromatic rings. The Kier molecular flexibility index (Phi) is 13.8. The van der Waals surface area contributed by atoms with Gasteiger partial charge in [0.1, 0.15) is 28.4 Å². The number of hydrogen-bond acceptors (Lipinski definition) is 7. The molecular formula is C35H37BrINO7S. The second-order valence-corrected chi connectivity index (χ2v) is 16.6. The monoisotopic (exact) mass is 821 g/mol. The molecule has 46 heavy (non-hydrogen) atoms. The Morgan fingerprint density at radius 1 is 0.891 bits per heavy atom. The largest absolute Gasteiger partial charge is 0.744 e. The molecule has 0 radical (unpaired) electrons. The molecule has 11 heteroatoms. The molecule has 244 valence electrons. The van der Waals surface area contributed by atoms with Gasteiger partial charge >= 0.3 is 33.3 Å². The van der Waals surface area contributed by atoms with Crippen LogP contribution in [0.1, 0.15) is 43.0 Å². The number of amides is 1. The van der Waals surface area contributed by atoms with Crippen molar-refractivity contribution in [3.63, 3.8) is 0 Å². The molecule has 0 fully saturated rings. The number of hydrogen-bond donors (Lipinski definition) is 1. The van der Waals surface area contributed by atoms with E-state index in [1.54, 1.807) is 12.1 Å². The summed E-state index contributed by atoms with van der Waals surface area (Å²) in [4.78, 5) is 25.5. The van der Waals surface area contributed by atoms with Gasteiger partial charge in [-0.3, -0.25) is 0 Å². The number of aryl methyl sites for hydroxylation is 2. The Labute approximate surface area is 290 Å². The summed E-state index contributed by atoms with van der Waals surface area (Å²) in [7, 11) is -4.27. The van der Waals surface area contributed by atoms with Gasteiger partial charge in [-0.25, -0.2) is 18.0 Å². The first-order valence-electron chi connectivity index (χ1n) is 14.3. The van der Waals surface area contributed by atoms with Crippen molar-refractivity contribution >= 4 is 38.1 Å². The minimum Gasteiger partial charge on any atom is -0.744 e. The number of carbonyl (C=O) groups is 2. The predicted molar refractivity (Wildman–Crippen MR) is 175 cm³/mol. The van der Waals surface area contributed by atoms with Crippen molar-refractivity contribution in [3.05, 3.63) is 131 Å². The van der Waals surface area contributed by atoms with E-state index >= 15 is 0 Å². The van der Waals surface area contributed by atoms with Crippen molar-refractivity contribution in [1.82, 2.24) is 5.32 Å². The van der Waals surface area contributed by atoms with Crippen molar-refractivity contribution in [2.24, 2.45) is 0 Å². The van der Waals surface area contributed by atoms with Crippen LogP contribution in [0.25, 0.3) is 0 Å². The fourth-order valence-electron chi connectivity index (χ4n) is 3.89. The summed E-state index contributed by atoms with van der Waals surface area (Å²) in [6.45, 7) is 9.44. The minimum absolute atomic E-state index is 0.121. The maximum atomic E-state index is 13.1. The topological polar surface area (TPSA) is 122 Å². The highest BCUT2D eigenvalue weighted by Crippen LogP contribution is 2.16. The van der Waals surface area contributed by atoms with E-state index in [1.165, 1.54) is 24.8 Å². The van der Waals surface area contributed by atoms with Gasteiger partial charge in [-0.1, -0.05) is 87.7 Å². The molecule has 0 saturated heterocycles. The smallest absolute Gasteiger partial charge is 0.408 e. The molecule has 0 bridgehead atoms. The van der Waals surface area contributed by atoms with Gasteiger partial charge in [-0.05, 0) is 70.5 Å². The summed E-state index contributed by atoms with van der Waals surface area (Å²) < 4.78 is 45.6. The lowest BCUT2D eigenvalue weighted by atomic mass is 10.1. The summed E-state index contributed by atoms with van der Waals surface area (Å²) in [6, 6.07) is 28.9. The molecule has 4 rings (SSSR count). The SMILES string of the molecule is Cc1ccc(S(=O)(=O)[O-])cc1.Cc1ccc([I+]c2cc(Br)ccc2CC(NC(=O)OCc2ccccc2)C(=O)OC(C)(C)C)cc1. The van der Waals surface area contributed by atoms with Crippen molar-refractivity contribution in [3.8, 4) is 0 Å². The summed E-state index contributed by atoms with van der Waals surface area (Å²) in [6.07, 6.45) is -0.347. The number of rotatable bonds is 9. The first-order valence-corrected chi connectivity index (χ1v) is 18.7. The highest BCUT2D eigenvalue weighted by Gasteiger charge is 2.30. The van der Waals surface area contributed by atoms with Gasteiger partial charge in [-0.15, -0.1) is 0 Å². The first-order chi connectivity index (χ1) is 21.6. The minimum atomic E-state index is -4.27. The zero-order valence-electron chi connectivity index (χ0n) is 26.3. The zero-order valence-corrected chi connectivity index (χ0v) is 30.8. The van der Waals surface area contributed by atoms with Crippen LogP contribution in [0, 0.1) is 21.0 Å². The molecule has 0 heterocycles. The van der Waals surface area contributed by atoms with Crippen LogP contribution in [0.2, 0.25) is 0 Å². The molecule has 1 unspecified atom stereocenters. The Hall–Kier alpha value is -3.26. The molecule has 0 aliphatic rings. The molecule has 0 aliphatic carbocycles. The van der Waals surface area contributed by atoms with Gasteiger partial charge in [0.25, 0.3) is 0 Å². The van der Waals surface area contributed by atoms with E-state index in [0.29, 0.717) is 6.42 Å². The number of nitrogens with one attached hydrogen (secondary N) is 1. The predicted octanol–water partition coefficient (Wildman–Crippen LogP) is 3.96. The van der Waals surface area contributed by atoms with Crippen LogP contribution in [0.4, 0.5) is 4.79 Å². The van der Waals surface area contributed by atoms with Crippen LogP contribution in [0.3, 0.4) is 0 Å². The van der Waals surface area contributed by atoms with Gasteiger partial charge in [0, 0.05) is 22.5 Å². The standard InChI is InChI=1S/C28H29BrINO4.C7H8O3S/c1-19-10-14-23(15-11-19)30-24-17-22(29)13-12-21(24)16-25(26(32)35-28(2,3)4)31-27(33)34-18-20-8-6-5-7-9-20;1-6-2-4-7(5-3-6)11(8,9)10/h5-15,17,25H,16,18H2,1-4H3;2-5H,1H3,(H,8,9,10). The van der Waals surface area contributed by atoms with Gasteiger partial charge in [-0.2, -0.15) is 0 Å². The van der Waals surface area contributed by atoms with Crippen molar-refractivity contribution in [2.75, 3.05) is 0 Å². The Morgan fingerprint density at radius 3 is 2.04 bits per heavy atom. The molecule has 4 aromatic carbocycles. The van der Waals surface area contributed by atoms with Gasteiger partial charge in [0.2, 0.25) is 0 Å². The van der Waals surface area contributed by atoms with Crippen LogP contribution in [0.5, 0.6) is 0 Å². The van der Waals surface area contributed by atoms with E-state index in [4.69, 9.17) is 9.47 Å². The van der Waals surface area contributed by atoms with E-state index in [9.17, 15) is 22.6 Å². The number of ether oxygens (including phenoxy) is 2. The summed E-state index contributed by atoms with van der Waals surface area (Å²) in [5.74, 6) is -0.489. The molecule has 1 amide bonds. The average molecular weight is 823 g/mol. The van der Waals surface area contributed by atoms with E-state index in [0.717, 1.165) is 21.2 Å². The number of esters is 1. The Morgan fingerprint density at radius 2 is 1.48 bits per heavy atom. The number of carbonyl (C=O) groups excluding carboxylic acids is 2. The van der Waals surface area contributed by atoms with Gasteiger partial charge < -0.3 is 19.3 Å². The number of alkyl carbamates (subject to hydrolysis) is 1. The molecule has 1 atom stereocenters. The fourth-order valence-corrected chi connectivity index (χ4v) is 7.77. The lowest BCUT2D eigenvalue weighted by molar-refractivity contribution is -0.598. The van der Waals surface area contributed by atoms with Crippen LogP contribution < -0.4 is 26.5 Å². The second kappa shape index (κ2) is 17.1.